The van der Waals surface area contributed by atoms with Gasteiger partial charge in [-0.3, -0.25) is 0 Å². The Bertz CT molecular complexity index is 323. The van der Waals surface area contributed by atoms with E-state index in [2.05, 4.69) is 5.28 Å². The van der Waals surface area contributed by atoms with Crippen molar-refractivity contribution >= 4 is 5.69 Å². The second-order valence-corrected chi connectivity index (χ2v) is 2.01. The number of hydrogen-bond donors (Lipinski definition) is 3. The minimum atomic E-state index is -0.620. The van der Waals surface area contributed by atoms with E-state index in [1.165, 1.54) is 18.2 Å². The largest absolute Gasteiger partial charge is 0.591 e. The van der Waals surface area contributed by atoms with Crippen molar-refractivity contribution in [2.45, 2.75) is 0 Å². The highest BCUT2D eigenvalue weighted by Gasteiger charge is 2.14. The van der Waals surface area contributed by atoms with Gasteiger partial charge in [0.05, 0.1) is 0 Å². The average molecular weight is 170 g/mol. The fourth-order valence-corrected chi connectivity index (χ4v) is 0.722. The molecular formula is C6H6N2O4. The number of aromatic hydroxyl groups is 2. The SMILES string of the molecule is [O-][N+](=NO)c1cccc(O)c1O. The minimum Gasteiger partial charge on any atom is -0.591 e. The fraction of sp³-hybridized carbons (Fsp3) is 0. The molecule has 0 saturated heterocycles. The van der Waals surface area contributed by atoms with Crippen LogP contribution in [0.15, 0.2) is 23.5 Å². The molecule has 0 bridgehead atoms. The van der Waals surface area contributed by atoms with Crippen LogP contribution in [0.4, 0.5) is 5.69 Å². The smallest absolute Gasteiger partial charge is 0.293 e. The molecule has 6 heteroatoms. The monoisotopic (exact) mass is 170 g/mol. The van der Waals surface area contributed by atoms with Crippen molar-refractivity contribution in [3.05, 3.63) is 23.4 Å². The van der Waals surface area contributed by atoms with Crippen molar-refractivity contribution in [1.29, 1.82) is 0 Å². The van der Waals surface area contributed by atoms with E-state index in [1.54, 1.807) is 0 Å². The number of phenols is 2. The van der Waals surface area contributed by atoms with Crippen LogP contribution < -0.4 is 0 Å². The summed E-state index contributed by atoms with van der Waals surface area (Å²) in [7, 11) is 0. The van der Waals surface area contributed by atoms with Crippen molar-refractivity contribution in [2.75, 3.05) is 0 Å². The summed E-state index contributed by atoms with van der Waals surface area (Å²) in [4.78, 5) is -0.213. The Morgan fingerprint density at radius 2 is 2.00 bits per heavy atom. The van der Waals surface area contributed by atoms with Gasteiger partial charge in [-0.1, -0.05) is 6.07 Å². The van der Waals surface area contributed by atoms with Crippen molar-refractivity contribution in [1.82, 2.24) is 0 Å². The summed E-state index contributed by atoms with van der Waals surface area (Å²) in [5.74, 6) is -1.07. The molecule has 0 heterocycles. The predicted molar refractivity (Wildman–Crippen MR) is 37.3 cm³/mol. The van der Waals surface area contributed by atoms with Gasteiger partial charge in [0.1, 0.15) is 0 Å². The molecule has 0 unspecified atom stereocenters. The molecule has 0 aliphatic rings. The van der Waals surface area contributed by atoms with Gasteiger partial charge in [0, 0.05) is 6.07 Å². The first-order valence-electron chi connectivity index (χ1n) is 3.00. The van der Waals surface area contributed by atoms with Crippen LogP contribution >= 0.6 is 0 Å². The first-order chi connectivity index (χ1) is 5.66. The Kier molecular flexibility index (Phi) is 2.00. The summed E-state index contributed by atoms with van der Waals surface area (Å²) in [6.45, 7) is 0. The minimum absolute atomic E-state index is 0.213. The molecule has 64 valence electrons. The Labute approximate surface area is 67.2 Å². The van der Waals surface area contributed by atoms with Gasteiger partial charge < -0.3 is 20.6 Å². The highest BCUT2D eigenvalue weighted by Crippen LogP contribution is 2.33. The van der Waals surface area contributed by atoms with E-state index in [0.717, 1.165) is 0 Å². The van der Waals surface area contributed by atoms with E-state index in [0.29, 0.717) is 0 Å². The molecule has 0 radical (unpaired) electrons. The zero-order chi connectivity index (χ0) is 9.14. The summed E-state index contributed by atoms with van der Waals surface area (Å²) < 4.78 is 0. The van der Waals surface area contributed by atoms with Crippen molar-refractivity contribution < 1.29 is 20.3 Å². The van der Waals surface area contributed by atoms with E-state index in [9.17, 15) is 5.21 Å². The van der Waals surface area contributed by atoms with Crippen LogP contribution in [0.3, 0.4) is 0 Å². The molecule has 0 aliphatic heterocycles. The summed E-state index contributed by atoms with van der Waals surface area (Å²) in [6.07, 6.45) is 0. The zero-order valence-electron chi connectivity index (χ0n) is 5.88. The Hall–Kier alpha value is -1.98. The van der Waals surface area contributed by atoms with E-state index < -0.39 is 11.5 Å². The van der Waals surface area contributed by atoms with E-state index in [1.807, 2.05) is 0 Å². The predicted octanol–water partition coefficient (Wildman–Crippen LogP) is 1.08. The molecule has 0 amide bonds. The lowest BCUT2D eigenvalue weighted by molar-refractivity contribution is -0.474. The number of nitrogens with zero attached hydrogens (tertiary/aromatic N) is 2. The topological polar surface area (TPSA) is 99.1 Å². The van der Waals surface area contributed by atoms with Gasteiger partial charge in [-0.2, -0.15) is 0 Å². The van der Waals surface area contributed by atoms with Gasteiger partial charge >= 0.3 is 0 Å². The molecule has 0 fully saturated rings. The quantitative estimate of drug-likeness (QED) is 0.254. The average Bonchev–Trinajstić information content (AvgIpc) is 2.08. The van der Waals surface area contributed by atoms with Gasteiger partial charge in [0.15, 0.2) is 5.75 Å². The first kappa shape index (κ1) is 8.12. The standard InChI is InChI=1S/C6H6N2O4/c9-5-3-1-2-4(6(5)10)8(12)7-11/h1-3,9-11H. The molecule has 0 spiro atoms. The molecule has 12 heavy (non-hydrogen) atoms. The zero-order valence-corrected chi connectivity index (χ0v) is 5.88. The highest BCUT2D eigenvalue weighted by atomic mass is 16.6. The van der Waals surface area contributed by atoms with Crippen LogP contribution in [0.25, 0.3) is 0 Å². The van der Waals surface area contributed by atoms with Gasteiger partial charge in [0.25, 0.3) is 5.69 Å². The lowest BCUT2D eigenvalue weighted by Gasteiger charge is -2.00. The molecule has 3 N–H and O–H groups in total. The molecule has 0 saturated carbocycles. The molecule has 0 aromatic heterocycles. The summed E-state index contributed by atoms with van der Waals surface area (Å²) in [5, 5.41) is 38.9. The Balaban J connectivity index is 3.26. The second-order valence-electron chi connectivity index (χ2n) is 2.01. The number of rotatable bonds is 1. The lowest BCUT2D eigenvalue weighted by atomic mass is 10.3. The van der Waals surface area contributed by atoms with Crippen molar-refractivity contribution in [2.24, 2.45) is 5.28 Å². The number of benzene rings is 1. The van der Waals surface area contributed by atoms with E-state index in [-0.39, 0.29) is 10.5 Å². The Morgan fingerprint density at radius 1 is 1.33 bits per heavy atom. The molecule has 1 aromatic rings. The molecule has 1 rings (SSSR count). The van der Waals surface area contributed by atoms with Crippen LogP contribution in [0.5, 0.6) is 11.5 Å². The Morgan fingerprint density at radius 3 is 2.58 bits per heavy atom. The third-order valence-corrected chi connectivity index (χ3v) is 1.28. The summed E-state index contributed by atoms with van der Waals surface area (Å²) in [6, 6.07) is 3.73. The van der Waals surface area contributed by atoms with Crippen LogP contribution in [0.2, 0.25) is 0 Å². The number of hydrogen-bond acceptors (Lipinski definition) is 4. The molecule has 0 atom stereocenters. The van der Waals surface area contributed by atoms with Gasteiger partial charge in [-0.05, 0) is 10.9 Å². The van der Waals surface area contributed by atoms with Crippen LogP contribution in [0.1, 0.15) is 0 Å². The van der Waals surface area contributed by atoms with Gasteiger partial charge in [-0.15, -0.1) is 0 Å². The third kappa shape index (κ3) is 1.22. The third-order valence-electron chi connectivity index (χ3n) is 1.28. The maximum absolute atomic E-state index is 10.6. The second kappa shape index (κ2) is 2.95. The first-order valence-corrected chi connectivity index (χ1v) is 3.00. The van der Waals surface area contributed by atoms with E-state index in [4.69, 9.17) is 15.4 Å². The summed E-state index contributed by atoms with van der Waals surface area (Å²) >= 11 is 0. The fourth-order valence-electron chi connectivity index (χ4n) is 0.722. The summed E-state index contributed by atoms with van der Waals surface area (Å²) in [5.41, 5.74) is -0.322. The maximum atomic E-state index is 10.6. The molecule has 0 aliphatic carbocycles. The lowest BCUT2D eigenvalue weighted by Crippen LogP contribution is -1.90. The van der Waals surface area contributed by atoms with Crippen molar-refractivity contribution in [3.63, 3.8) is 0 Å². The van der Waals surface area contributed by atoms with Crippen molar-refractivity contribution in [3.8, 4) is 11.5 Å². The highest BCUT2D eigenvalue weighted by molar-refractivity contribution is 5.53. The molecule has 6 nitrogen and oxygen atoms in total. The van der Waals surface area contributed by atoms with E-state index >= 15 is 0 Å². The van der Waals surface area contributed by atoms with Gasteiger partial charge in [0.2, 0.25) is 11.0 Å². The molecular weight excluding hydrogens is 164 g/mol. The van der Waals surface area contributed by atoms with Gasteiger partial charge in [-0.25, -0.2) is 0 Å². The number of para-hydroxylation sites is 1. The van der Waals surface area contributed by atoms with Crippen LogP contribution in [0, 0.1) is 5.21 Å². The number of phenolic OH excluding ortho intramolecular Hbond substituents is 2. The molecule has 1 aromatic carbocycles. The van der Waals surface area contributed by atoms with Crippen LogP contribution in [-0.4, -0.2) is 20.3 Å². The maximum Gasteiger partial charge on any atom is 0.293 e. The van der Waals surface area contributed by atoms with Crippen LogP contribution in [-0.2, 0) is 0 Å². The normalized spacial score (nSPS) is 11.5.